The molecule has 0 fully saturated rings. The van der Waals surface area contributed by atoms with E-state index in [0.29, 0.717) is 11.3 Å². The van der Waals surface area contributed by atoms with Crippen LogP contribution in [-0.4, -0.2) is 13.4 Å². The Kier molecular flexibility index (Phi) is 5.39. The first-order chi connectivity index (χ1) is 7.14. The van der Waals surface area contributed by atoms with Gasteiger partial charge in [0.1, 0.15) is 0 Å². The minimum absolute atomic E-state index is 0.560. The summed E-state index contributed by atoms with van der Waals surface area (Å²) in [6.07, 6.45) is -3.44. The number of halogens is 3. The molecule has 1 rings (SSSR count). The zero-order valence-corrected chi connectivity index (χ0v) is 9.47. The second-order valence-corrected chi connectivity index (χ2v) is 3.48. The van der Waals surface area contributed by atoms with Gasteiger partial charge in [-0.1, -0.05) is 0 Å². The van der Waals surface area contributed by atoms with Crippen LogP contribution in [0.2, 0.25) is 0 Å². The lowest BCUT2D eigenvalue weighted by Gasteiger charge is -2.07. The second-order valence-electron chi connectivity index (χ2n) is 2.91. The molecule has 0 atom stereocenters. The lowest BCUT2D eigenvalue weighted by atomic mass is 10.1. The highest BCUT2D eigenvalue weighted by Gasteiger charge is 2.30. The molecular formula is C8H11F3N2O2S. The van der Waals surface area contributed by atoms with E-state index in [1.54, 1.807) is 13.8 Å². The SMILES string of the molecule is Cc1cc(C(F)(F)F)cnc1C.N[SH](=O)=O. The number of aromatic nitrogens is 1. The molecule has 0 spiro atoms. The fraction of sp³-hybridized carbons (Fsp3) is 0.375. The van der Waals surface area contributed by atoms with E-state index in [2.05, 4.69) is 10.1 Å². The van der Waals surface area contributed by atoms with Gasteiger partial charge in [-0.25, -0.2) is 13.6 Å². The minimum Gasteiger partial charge on any atom is -0.261 e. The third-order valence-corrected chi connectivity index (χ3v) is 1.67. The van der Waals surface area contributed by atoms with Crippen molar-refractivity contribution in [2.24, 2.45) is 5.14 Å². The summed E-state index contributed by atoms with van der Waals surface area (Å²) in [4.78, 5) is 3.63. The van der Waals surface area contributed by atoms with Crippen LogP contribution < -0.4 is 5.14 Å². The first-order valence-corrected chi connectivity index (χ1v) is 5.28. The van der Waals surface area contributed by atoms with Crippen LogP contribution in [0.1, 0.15) is 16.8 Å². The van der Waals surface area contributed by atoms with E-state index in [9.17, 15) is 13.2 Å². The van der Waals surface area contributed by atoms with E-state index in [1.165, 1.54) is 0 Å². The third-order valence-electron chi connectivity index (χ3n) is 1.67. The van der Waals surface area contributed by atoms with Crippen molar-refractivity contribution >= 4 is 10.9 Å². The van der Waals surface area contributed by atoms with Crippen LogP contribution in [0.15, 0.2) is 12.3 Å². The maximum atomic E-state index is 12.1. The van der Waals surface area contributed by atoms with Gasteiger partial charge in [-0.15, -0.1) is 0 Å². The van der Waals surface area contributed by atoms with Crippen molar-refractivity contribution in [2.45, 2.75) is 20.0 Å². The van der Waals surface area contributed by atoms with Gasteiger partial charge >= 0.3 is 6.18 Å². The van der Waals surface area contributed by atoms with Crippen molar-refractivity contribution in [1.82, 2.24) is 4.98 Å². The highest BCUT2D eigenvalue weighted by atomic mass is 32.2. The number of thiol groups is 1. The quantitative estimate of drug-likeness (QED) is 0.685. The molecular weight excluding hydrogens is 245 g/mol. The van der Waals surface area contributed by atoms with Crippen LogP contribution >= 0.6 is 0 Å². The molecule has 0 saturated carbocycles. The summed E-state index contributed by atoms with van der Waals surface area (Å²) in [5, 5.41) is 4.06. The number of hydrogen-bond donors (Lipinski definition) is 2. The molecule has 92 valence electrons. The molecule has 4 nitrogen and oxygen atoms in total. The van der Waals surface area contributed by atoms with Gasteiger partial charge in [0.15, 0.2) is 10.9 Å². The van der Waals surface area contributed by atoms with Gasteiger partial charge < -0.3 is 0 Å². The van der Waals surface area contributed by atoms with Crippen molar-refractivity contribution in [3.63, 3.8) is 0 Å². The van der Waals surface area contributed by atoms with E-state index in [0.717, 1.165) is 12.3 Å². The zero-order valence-electron chi connectivity index (χ0n) is 8.58. The number of pyridine rings is 1. The molecule has 0 aliphatic rings. The Morgan fingerprint density at radius 1 is 1.31 bits per heavy atom. The minimum atomic E-state index is -4.29. The summed E-state index contributed by atoms with van der Waals surface area (Å²) in [5.74, 6) is 0. The molecule has 0 unspecified atom stereocenters. The summed E-state index contributed by atoms with van der Waals surface area (Å²) >= 11 is 0. The molecule has 0 amide bonds. The van der Waals surface area contributed by atoms with Gasteiger partial charge in [-0.05, 0) is 25.5 Å². The number of nitrogens with zero attached hydrogens (tertiary/aromatic N) is 1. The molecule has 0 bridgehead atoms. The van der Waals surface area contributed by atoms with E-state index < -0.39 is 22.6 Å². The van der Waals surface area contributed by atoms with Gasteiger partial charge in [0.05, 0.1) is 5.56 Å². The Labute approximate surface area is 92.4 Å². The normalized spacial score (nSPS) is 10.9. The summed E-state index contributed by atoms with van der Waals surface area (Å²) < 4.78 is 53.8. The third kappa shape index (κ3) is 5.66. The fourth-order valence-electron chi connectivity index (χ4n) is 0.798. The topological polar surface area (TPSA) is 73.0 Å². The lowest BCUT2D eigenvalue weighted by Crippen LogP contribution is -2.06. The van der Waals surface area contributed by atoms with Crippen LogP contribution in [0.3, 0.4) is 0 Å². The monoisotopic (exact) mass is 256 g/mol. The smallest absolute Gasteiger partial charge is 0.261 e. The first-order valence-electron chi connectivity index (χ1n) is 4.04. The average Bonchev–Trinajstić information content (AvgIpc) is 2.06. The fourth-order valence-corrected chi connectivity index (χ4v) is 0.798. The van der Waals surface area contributed by atoms with E-state index >= 15 is 0 Å². The summed E-state index contributed by atoms with van der Waals surface area (Å²) in [6, 6.07) is 1.10. The van der Waals surface area contributed by atoms with Gasteiger partial charge in [-0.3, -0.25) is 4.98 Å². The maximum absolute atomic E-state index is 12.1. The predicted molar refractivity (Wildman–Crippen MR) is 53.2 cm³/mol. The maximum Gasteiger partial charge on any atom is 0.417 e. The van der Waals surface area contributed by atoms with E-state index in [-0.39, 0.29) is 0 Å². The molecule has 1 heterocycles. The lowest BCUT2D eigenvalue weighted by molar-refractivity contribution is -0.137. The Bertz CT molecular complexity index is 422. The zero-order chi connectivity index (χ0) is 12.9. The molecule has 0 aliphatic heterocycles. The Morgan fingerprint density at radius 3 is 2.06 bits per heavy atom. The molecule has 2 N–H and O–H groups in total. The number of aryl methyl sites for hydroxylation is 2. The summed E-state index contributed by atoms with van der Waals surface area (Å²) in [5.41, 5.74) is 0.499. The van der Waals surface area contributed by atoms with Crippen LogP contribution in [-0.2, 0) is 17.1 Å². The first kappa shape index (κ1) is 14.8. The van der Waals surface area contributed by atoms with Crippen molar-refractivity contribution < 1.29 is 21.6 Å². The van der Waals surface area contributed by atoms with Crippen molar-refractivity contribution in [3.05, 3.63) is 29.1 Å². The molecule has 0 saturated heterocycles. The van der Waals surface area contributed by atoms with Crippen LogP contribution in [0.5, 0.6) is 0 Å². The highest BCUT2D eigenvalue weighted by Crippen LogP contribution is 2.29. The second kappa shape index (κ2) is 5.80. The van der Waals surface area contributed by atoms with Crippen molar-refractivity contribution in [2.75, 3.05) is 0 Å². The average molecular weight is 256 g/mol. The standard InChI is InChI=1S/C8H8F3N.H3NO2S/c1-5-3-7(8(9,10)11)4-12-6(5)2;1-4(2)3/h3-4H,1-2H3;4H,(H2,1,2,3). The van der Waals surface area contributed by atoms with Crippen LogP contribution in [0.25, 0.3) is 0 Å². The highest BCUT2D eigenvalue weighted by molar-refractivity contribution is 7.69. The van der Waals surface area contributed by atoms with Gasteiger partial charge in [0.25, 0.3) is 0 Å². The number of rotatable bonds is 0. The van der Waals surface area contributed by atoms with Gasteiger partial charge in [0, 0.05) is 11.9 Å². The van der Waals surface area contributed by atoms with E-state index in [4.69, 9.17) is 8.42 Å². The summed E-state index contributed by atoms with van der Waals surface area (Å²) in [7, 11) is -2.62. The van der Waals surface area contributed by atoms with Crippen molar-refractivity contribution in [1.29, 1.82) is 0 Å². The van der Waals surface area contributed by atoms with Gasteiger partial charge in [-0.2, -0.15) is 13.2 Å². The molecule has 1 aromatic rings. The van der Waals surface area contributed by atoms with Crippen LogP contribution in [0.4, 0.5) is 13.2 Å². The Hall–Kier alpha value is -1.15. The molecule has 16 heavy (non-hydrogen) atoms. The molecule has 0 radical (unpaired) electrons. The summed E-state index contributed by atoms with van der Waals surface area (Å²) in [6.45, 7) is 3.28. The molecule has 8 heteroatoms. The predicted octanol–water partition coefficient (Wildman–Crippen LogP) is 1.19. The number of alkyl halides is 3. The van der Waals surface area contributed by atoms with Crippen LogP contribution in [0, 0.1) is 13.8 Å². The Morgan fingerprint density at radius 2 is 1.75 bits per heavy atom. The number of nitrogens with two attached hydrogens (primary N) is 1. The molecule has 0 aromatic carbocycles. The molecule has 1 aromatic heterocycles. The number of hydrogen-bond acceptors (Lipinski definition) is 3. The van der Waals surface area contributed by atoms with Crippen molar-refractivity contribution in [3.8, 4) is 0 Å². The Balaban J connectivity index is 0.000000487. The largest absolute Gasteiger partial charge is 0.417 e. The molecule has 0 aliphatic carbocycles. The van der Waals surface area contributed by atoms with E-state index in [1.807, 2.05) is 0 Å². The van der Waals surface area contributed by atoms with Gasteiger partial charge in [0.2, 0.25) is 0 Å².